The topological polar surface area (TPSA) is 52.6 Å². The maximum Gasteiger partial charge on any atom is 0.306 e. The molecule has 4 nitrogen and oxygen atoms in total. The smallest absolute Gasteiger partial charge is 0.306 e. The van der Waals surface area contributed by atoms with E-state index in [9.17, 15) is 12.8 Å². The lowest BCUT2D eigenvalue weighted by Gasteiger charge is -2.07. The molecule has 0 aliphatic heterocycles. The Labute approximate surface area is 81.4 Å². The van der Waals surface area contributed by atoms with Gasteiger partial charge in [-0.15, -0.1) is 0 Å². The van der Waals surface area contributed by atoms with Crippen LogP contribution in [0.4, 0.5) is 4.39 Å². The van der Waals surface area contributed by atoms with E-state index in [1.807, 2.05) is 0 Å². The zero-order valence-corrected chi connectivity index (χ0v) is 8.47. The van der Waals surface area contributed by atoms with Gasteiger partial charge in [-0.05, 0) is 12.1 Å². The average molecular weight is 220 g/mol. The lowest BCUT2D eigenvalue weighted by molar-refractivity contribution is 0.389. The van der Waals surface area contributed by atoms with Crippen LogP contribution >= 0.6 is 0 Å². The highest BCUT2D eigenvalue weighted by molar-refractivity contribution is 7.86. The Kier molecular flexibility index (Phi) is 2.95. The highest BCUT2D eigenvalue weighted by atomic mass is 32.2. The Hall–Kier alpha value is -1.30. The summed E-state index contributed by atoms with van der Waals surface area (Å²) in [6, 6.07) is 3.38. The molecule has 0 aliphatic rings. The molecule has 0 saturated heterocycles. The number of hydrogen-bond donors (Lipinski definition) is 0. The fraction of sp³-hybridized carbons (Fsp3) is 0.250. The van der Waals surface area contributed by atoms with Crippen LogP contribution in [0.1, 0.15) is 0 Å². The van der Waals surface area contributed by atoms with Gasteiger partial charge in [0.1, 0.15) is 5.82 Å². The van der Waals surface area contributed by atoms with E-state index in [1.54, 1.807) is 0 Å². The van der Waals surface area contributed by atoms with Crippen LogP contribution in [0.15, 0.2) is 18.2 Å². The van der Waals surface area contributed by atoms with Crippen LogP contribution in [0.3, 0.4) is 0 Å². The molecule has 0 amide bonds. The van der Waals surface area contributed by atoms with Crippen molar-refractivity contribution in [2.75, 3.05) is 13.4 Å². The molecule has 0 aromatic heterocycles. The van der Waals surface area contributed by atoms with Crippen LogP contribution in [0.2, 0.25) is 0 Å². The first-order chi connectivity index (χ1) is 6.42. The number of ether oxygens (including phenoxy) is 1. The normalized spacial score (nSPS) is 11.1. The van der Waals surface area contributed by atoms with Crippen molar-refractivity contribution < 1.29 is 21.7 Å². The maximum atomic E-state index is 12.7. The van der Waals surface area contributed by atoms with E-state index in [0.717, 1.165) is 18.4 Å². The first-order valence-electron chi connectivity index (χ1n) is 3.65. The Bertz CT molecular complexity index is 427. The molecule has 0 unspecified atom stereocenters. The van der Waals surface area contributed by atoms with Crippen molar-refractivity contribution in [2.24, 2.45) is 0 Å². The van der Waals surface area contributed by atoms with Crippen LogP contribution in [0.5, 0.6) is 11.5 Å². The summed E-state index contributed by atoms with van der Waals surface area (Å²) in [5, 5.41) is 0. The molecule has 0 N–H and O–H groups in total. The molecule has 0 aliphatic carbocycles. The van der Waals surface area contributed by atoms with Gasteiger partial charge in [0.25, 0.3) is 0 Å². The van der Waals surface area contributed by atoms with Crippen LogP contribution in [0, 0.1) is 5.82 Å². The van der Waals surface area contributed by atoms with E-state index in [4.69, 9.17) is 4.74 Å². The van der Waals surface area contributed by atoms with Gasteiger partial charge < -0.3 is 8.92 Å². The minimum Gasteiger partial charge on any atom is -0.493 e. The lowest BCUT2D eigenvalue weighted by Crippen LogP contribution is -2.07. The summed E-state index contributed by atoms with van der Waals surface area (Å²) in [7, 11) is -2.34. The highest BCUT2D eigenvalue weighted by Crippen LogP contribution is 2.28. The zero-order valence-electron chi connectivity index (χ0n) is 7.65. The second kappa shape index (κ2) is 3.83. The number of rotatable bonds is 3. The minimum absolute atomic E-state index is 0.157. The first kappa shape index (κ1) is 10.8. The molecule has 78 valence electrons. The Morgan fingerprint density at radius 1 is 1.29 bits per heavy atom. The van der Waals surface area contributed by atoms with Crippen molar-refractivity contribution >= 4 is 10.1 Å². The van der Waals surface area contributed by atoms with Gasteiger partial charge in [-0.3, -0.25) is 0 Å². The van der Waals surface area contributed by atoms with Gasteiger partial charge in [0, 0.05) is 6.07 Å². The number of methoxy groups -OCH3 is 1. The van der Waals surface area contributed by atoms with Crippen LogP contribution in [0.25, 0.3) is 0 Å². The SMILES string of the molecule is COc1ccc(F)cc1OS(C)(=O)=O. The van der Waals surface area contributed by atoms with Crippen LogP contribution < -0.4 is 8.92 Å². The maximum absolute atomic E-state index is 12.7. The van der Waals surface area contributed by atoms with Gasteiger partial charge in [-0.1, -0.05) is 0 Å². The van der Waals surface area contributed by atoms with Crippen molar-refractivity contribution in [1.29, 1.82) is 0 Å². The molecular weight excluding hydrogens is 211 g/mol. The van der Waals surface area contributed by atoms with Gasteiger partial charge in [0.2, 0.25) is 0 Å². The summed E-state index contributed by atoms with van der Waals surface area (Å²) in [5.41, 5.74) is 0. The molecule has 1 rings (SSSR count). The summed E-state index contributed by atoms with van der Waals surface area (Å²) < 4.78 is 43.6. The molecule has 0 atom stereocenters. The monoisotopic (exact) mass is 220 g/mol. The van der Waals surface area contributed by atoms with E-state index in [2.05, 4.69) is 4.18 Å². The molecule has 0 fully saturated rings. The number of halogens is 1. The van der Waals surface area contributed by atoms with Crippen molar-refractivity contribution in [2.45, 2.75) is 0 Å². The molecule has 0 saturated carbocycles. The molecule has 0 spiro atoms. The average Bonchev–Trinajstić information content (AvgIpc) is 2.01. The largest absolute Gasteiger partial charge is 0.493 e. The third-order valence-electron chi connectivity index (χ3n) is 1.37. The standard InChI is InChI=1S/C8H9FO4S/c1-12-7-4-3-6(9)5-8(7)13-14(2,10)11/h3-5H,1-2H3. The summed E-state index contributed by atoms with van der Waals surface area (Å²) in [6.45, 7) is 0. The molecule has 0 heterocycles. The third kappa shape index (κ3) is 2.88. The summed E-state index contributed by atoms with van der Waals surface area (Å²) >= 11 is 0. The number of hydrogen-bond acceptors (Lipinski definition) is 4. The predicted molar refractivity (Wildman–Crippen MR) is 48.4 cm³/mol. The summed E-state index contributed by atoms with van der Waals surface area (Å²) in [5.74, 6) is -0.587. The first-order valence-corrected chi connectivity index (χ1v) is 5.47. The van der Waals surface area contributed by atoms with Gasteiger partial charge in [-0.2, -0.15) is 8.42 Å². The second-order valence-corrected chi connectivity index (χ2v) is 4.16. The fourth-order valence-corrected chi connectivity index (χ4v) is 1.34. The number of benzene rings is 1. The second-order valence-electron chi connectivity index (χ2n) is 2.58. The van der Waals surface area contributed by atoms with E-state index < -0.39 is 15.9 Å². The summed E-state index contributed by atoms with van der Waals surface area (Å²) in [6.07, 6.45) is 0.872. The third-order valence-corrected chi connectivity index (χ3v) is 1.85. The Balaban J connectivity index is 3.11. The van der Waals surface area contributed by atoms with Crippen molar-refractivity contribution in [3.05, 3.63) is 24.0 Å². The van der Waals surface area contributed by atoms with Crippen molar-refractivity contribution in [3.63, 3.8) is 0 Å². The lowest BCUT2D eigenvalue weighted by atomic mass is 10.3. The molecule has 1 aromatic rings. The van der Waals surface area contributed by atoms with E-state index in [0.29, 0.717) is 0 Å². The molecule has 6 heteroatoms. The minimum atomic E-state index is -3.67. The summed E-state index contributed by atoms with van der Waals surface area (Å²) in [4.78, 5) is 0. The molecule has 14 heavy (non-hydrogen) atoms. The molecular formula is C8H9FO4S. The van der Waals surface area contributed by atoms with E-state index in [-0.39, 0.29) is 11.5 Å². The Morgan fingerprint density at radius 3 is 2.43 bits per heavy atom. The van der Waals surface area contributed by atoms with Crippen molar-refractivity contribution in [3.8, 4) is 11.5 Å². The van der Waals surface area contributed by atoms with Gasteiger partial charge in [-0.25, -0.2) is 4.39 Å². The van der Waals surface area contributed by atoms with E-state index in [1.165, 1.54) is 13.2 Å². The van der Waals surface area contributed by atoms with E-state index >= 15 is 0 Å². The van der Waals surface area contributed by atoms with Crippen LogP contribution in [-0.4, -0.2) is 21.8 Å². The fourth-order valence-electron chi connectivity index (χ4n) is 0.879. The van der Waals surface area contributed by atoms with Crippen molar-refractivity contribution in [1.82, 2.24) is 0 Å². The predicted octanol–water partition coefficient (Wildman–Crippen LogP) is 1.17. The zero-order chi connectivity index (χ0) is 10.8. The molecule has 0 radical (unpaired) electrons. The quantitative estimate of drug-likeness (QED) is 0.717. The Morgan fingerprint density at radius 2 is 1.93 bits per heavy atom. The molecule has 0 bridgehead atoms. The van der Waals surface area contributed by atoms with Gasteiger partial charge in [0.05, 0.1) is 13.4 Å². The van der Waals surface area contributed by atoms with Gasteiger partial charge >= 0.3 is 10.1 Å². The highest BCUT2D eigenvalue weighted by Gasteiger charge is 2.11. The van der Waals surface area contributed by atoms with Gasteiger partial charge in [0.15, 0.2) is 11.5 Å². The molecule has 1 aromatic carbocycles. The van der Waals surface area contributed by atoms with Crippen LogP contribution in [-0.2, 0) is 10.1 Å².